The summed E-state index contributed by atoms with van der Waals surface area (Å²) in [4.78, 5) is 29.2. The van der Waals surface area contributed by atoms with Gasteiger partial charge in [0.2, 0.25) is 5.91 Å². The van der Waals surface area contributed by atoms with Crippen LogP contribution in [0.4, 0.5) is 0 Å². The Bertz CT molecular complexity index is 786. The monoisotopic (exact) mass is 350 g/mol. The standard InChI is InChI=1S/C22H26N2O2/c1-16(2)15-23-12-13-24(17(3)21(23)25)22(26)20-11-7-10-19(14-20)18-8-5-4-6-9-18/h4-11,14,16-17H,12-13,15H2,1-3H3/t17-/m0/s1. The Morgan fingerprint density at radius 3 is 2.42 bits per heavy atom. The molecule has 2 aromatic rings. The van der Waals surface area contributed by atoms with Gasteiger partial charge in [0.05, 0.1) is 0 Å². The summed E-state index contributed by atoms with van der Waals surface area (Å²) in [6, 6.07) is 17.2. The summed E-state index contributed by atoms with van der Waals surface area (Å²) in [5.41, 5.74) is 2.71. The van der Waals surface area contributed by atoms with Gasteiger partial charge in [0.25, 0.3) is 5.91 Å². The van der Waals surface area contributed by atoms with E-state index in [1.54, 1.807) is 4.90 Å². The van der Waals surface area contributed by atoms with Crippen molar-refractivity contribution in [3.8, 4) is 11.1 Å². The Kier molecular flexibility index (Phi) is 5.40. The van der Waals surface area contributed by atoms with E-state index in [0.29, 0.717) is 24.6 Å². The topological polar surface area (TPSA) is 40.6 Å². The first-order valence-electron chi connectivity index (χ1n) is 9.22. The Morgan fingerprint density at radius 2 is 1.73 bits per heavy atom. The average Bonchev–Trinajstić information content (AvgIpc) is 2.66. The number of carbonyl (C=O) groups excluding carboxylic acids is 2. The van der Waals surface area contributed by atoms with Gasteiger partial charge in [0.15, 0.2) is 0 Å². The molecule has 1 heterocycles. The van der Waals surface area contributed by atoms with E-state index in [1.165, 1.54) is 0 Å². The molecule has 1 atom stereocenters. The quantitative estimate of drug-likeness (QED) is 0.844. The maximum atomic E-state index is 13.0. The van der Waals surface area contributed by atoms with Crippen LogP contribution in [-0.4, -0.2) is 47.3 Å². The van der Waals surface area contributed by atoms with Gasteiger partial charge in [-0.05, 0) is 36.1 Å². The van der Waals surface area contributed by atoms with Crippen LogP contribution in [0.3, 0.4) is 0 Å². The molecule has 1 saturated heterocycles. The van der Waals surface area contributed by atoms with Gasteiger partial charge < -0.3 is 9.80 Å². The first-order chi connectivity index (χ1) is 12.5. The second-order valence-electron chi connectivity index (χ2n) is 7.30. The van der Waals surface area contributed by atoms with E-state index in [9.17, 15) is 9.59 Å². The molecule has 0 radical (unpaired) electrons. The predicted octanol–water partition coefficient (Wildman–Crippen LogP) is 3.68. The minimum absolute atomic E-state index is 0.0394. The lowest BCUT2D eigenvalue weighted by molar-refractivity contribution is -0.140. The Morgan fingerprint density at radius 1 is 1.04 bits per heavy atom. The number of hydrogen-bond acceptors (Lipinski definition) is 2. The van der Waals surface area contributed by atoms with E-state index in [4.69, 9.17) is 0 Å². The first-order valence-corrected chi connectivity index (χ1v) is 9.22. The summed E-state index contributed by atoms with van der Waals surface area (Å²) in [7, 11) is 0. The molecule has 4 heteroatoms. The van der Waals surface area contributed by atoms with Gasteiger partial charge in [-0.1, -0.05) is 56.3 Å². The van der Waals surface area contributed by atoms with E-state index in [2.05, 4.69) is 13.8 Å². The molecule has 0 unspecified atom stereocenters. The molecule has 1 aliphatic rings. The van der Waals surface area contributed by atoms with E-state index in [-0.39, 0.29) is 11.8 Å². The Labute approximate surface area is 155 Å². The van der Waals surface area contributed by atoms with Gasteiger partial charge in [-0.15, -0.1) is 0 Å². The number of nitrogens with zero attached hydrogens (tertiary/aromatic N) is 2. The molecule has 2 aromatic carbocycles. The van der Waals surface area contributed by atoms with Gasteiger partial charge in [-0.2, -0.15) is 0 Å². The van der Waals surface area contributed by atoms with Crippen molar-refractivity contribution < 1.29 is 9.59 Å². The van der Waals surface area contributed by atoms with E-state index >= 15 is 0 Å². The van der Waals surface area contributed by atoms with Crippen molar-refractivity contribution in [3.63, 3.8) is 0 Å². The number of hydrogen-bond donors (Lipinski definition) is 0. The first kappa shape index (κ1) is 18.2. The highest BCUT2D eigenvalue weighted by Gasteiger charge is 2.34. The van der Waals surface area contributed by atoms with E-state index in [0.717, 1.165) is 17.7 Å². The van der Waals surface area contributed by atoms with Crippen molar-refractivity contribution >= 4 is 11.8 Å². The molecular weight excluding hydrogens is 324 g/mol. The largest absolute Gasteiger partial charge is 0.339 e. The van der Waals surface area contributed by atoms with Crippen LogP contribution in [0.25, 0.3) is 11.1 Å². The molecule has 0 aliphatic carbocycles. The fraction of sp³-hybridized carbons (Fsp3) is 0.364. The molecule has 1 fully saturated rings. The van der Waals surface area contributed by atoms with Gasteiger partial charge in [0, 0.05) is 25.2 Å². The molecule has 0 bridgehead atoms. The number of piperazine rings is 1. The second-order valence-corrected chi connectivity index (χ2v) is 7.30. The Hall–Kier alpha value is -2.62. The number of benzene rings is 2. The molecule has 0 saturated carbocycles. The highest BCUT2D eigenvalue weighted by atomic mass is 16.2. The molecule has 1 aliphatic heterocycles. The molecule has 0 N–H and O–H groups in total. The van der Waals surface area contributed by atoms with Gasteiger partial charge in [-0.25, -0.2) is 0 Å². The van der Waals surface area contributed by atoms with Crippen molar-refractivity contribution in [2.75, 3.05) is 19.6 Å². The maximum Gasteiger partial charge on any atom is 0.254 e. The molecule has 2 amide bonds. The SMILES string of the molecule is CC(C)CN1CCN(C(=O)c2cccc(-c3ccccc3)c2)[C@@H](C)C1=O. The minimum Gasteiger partial charge on any atom is -0.339 e. The van der Waals surface area contributed by atoms with Crippen molar-refractivity contribution in [2.24, 2.45) is 5.92 Å². The normalized spacial score (nSPS) is 17.7. The molecule has 0 spiro atoms. The summed E-state index contributed by atoms with van der Waals surface area (Å²) in [6.45, 7) is 7.96. The lowest BCUT2D eigenvalue weighted by atomic mass is 10.0. The van der Waals surface area contributed by atoms with Gasteiger partial charge >= 0.3 is 0 Å². The van der Waals surface area contributed by atoms with E-state index < -0.39 is 6.04 Å². The summed E-state index contributed by atoms with van der Waals surface area (Å²) >= 11 is 0. The van der Waals surface area contributed by atoms with Crippen molar-refractivity contribution in [1.82, 2.24) is 9.80 Å². The summed E-state index contributed by atoms with van der Waals surface area (Å²) in [6.07, 6.45) is 0. The van der Waals surface area contributed by atoms with Crippen LogP contribution in [0.5, 0.6) is 0 Å². The van der Waals surface area contributed by atoms with Crippen molar-refractivity contribution in [2.45, 2.75) is 26.8 Å². The molecular formula is C22H26N2O2. The molecule has 3 rings (SSSR count). The molecule has 0 aromatic heterocycles. The van der Waals surface area contributed by atoms with Crippen LogP contribution in [0.15, 0.2) is 54.6 Å². The lowest BCUT2D eigenvalue weighted by Gasteiger charge is -2.39. The zero-order valence-electron chi connectivity index (χ0n) is 15.7. The van der Waals surface area contributed by atoms with Crippen LogP contribution >= 0.6 is 0 Å². The van der Waals surface area contributed by atoms with Crippen LogP contribution < -0.4 is 0 Å². The Balaban J connectivity index is 1.79. The summed E-state index contributed by atoms with van der Waals surface area (Å²) in [5.74, 6) is 0.390. The zero-order valence-corrected chi connectivity index (χ0v) is 15.7. The minimum atomic E-state index is -0.421. The van der Waals surface area contributed by atoms with Crippen LogP contribution in [0.1, 0.15) is 31.1 Å². The number of carbonyl (C=O) groups is 2. The molecule has 4 nitrogen and oxygen atoms in total. The fourth-order valence-corrected chi connectivity index (χ4v) is 3.46. The van der Waals surface area contributed by atoms with Crippen molar-refractivity contribution in [1.29, 1.82) is 0 Å². The number of amides is 2. The van der Waals surface area contributed by atoms with Crippen LogP contribution in [-0.2, 0) is 4.79 Å². The molecule has 136 valence electrons. The number of rotatable bonds is 4. The highest BCUT2D eigenvalue weighted by Crippen LogP contribution is 2.22. The lowest BCUT2D eigenvalue weighted by Crippen LogP contribution is -2.58. The smallest absolute Gasteiger partial charge is 0.254 e. The van der Waals surface area contributed by atoms with Gasteiger partial charge in [-0.3, -0.25) is 9.59 Å². The summed E-state index contributed by atoms with van der Waals surface area (Å²) < 4.78 is 0. The third-order valence-corrected chi connectivity index (χ3v) is 4.81. The van der Waals surface area contributed by atoms with Gasteiger partial charge in [0.1, 0.15) is 6.04 Å². The maximum absolute atomic E-state index is 13.0. The van der Waals surface area contributed by atoms with E-state index in [1.807, 2.05) is 66.4 Å². The van der Waals surface area contributed by atoms with Crippen LogP contribution in [0.2, 0.25) is 0 Å². The third kappa shape index (κ3) is 3.79. The third-order valence-electron chi connectivity index (χ3n) is 4.81. The molecule has 26 heavy (non-hydrogen) atoms. The predicted molar refractivity (Wildman–Crippen MR) is 104 cm³/mol. The second kappa shape index (κ2) is 7.73. The average molecular weight is 350 g/mol. The van der Waals surface area contributed by atoms with Crippen molar-refractivity contribution in [3.05, 3.63) is 60.2 Å². The highest BCUT2D eigenvalue weighted by molar-refractivity contribution is 5.99. The fourth-order valence-electron chi connectivity index (χ4n) is 3.46. The summed E-state index contributed by atoms with van der Waals surface area (Å²) in [5, 5.41) is 0. The zero-order chi connectivity index (χ0) is 18.7. The van der Waals surface area contributed by atoms with Crippen LogP contribution in [0, 0.1) is 5.92 Å².